The van der Waals surface area contributed by atoms with Crippen LogP contribution < -0.4 is 10.4 Å². The highest BCUT2D eigenvalue weighted by molar-refractivity contribution is 5.89. The van der Waals surface area contributed by atoms with Crippen LogP contribution in [0.1, 0.15) is 36.8 Å². The molecule has 2 unspecified atom stereocenters. The summed E-state index contributed by atoms with van der Waals surface area (Å²) in [4.78, 5) is 0. The highest BCUT2D eigenvalue weighted by atomic mass is 19.2. The highest BCUT2D eigenvalue weighted by Crippen LogP contribution is 2.43. The van der Waals surface area contributed by atoms with Gasteiger partial charge in [0.25, 0.3) is 0 Å². The largest absolute Gasteiger partial charge is 0.239 e. The zero-order valence-corrected chi connectivity index (χ0v) is 13.7. The van der Waals surface area contributed by atoms with Gasteiger partial charge in [-0.25, -0.2) is 17.6 Å². The van der Waals surface area contributed by atoms with Gasteiger partial charge in [0.05, 0.1) is 5.22 Å². The van der Waals surface area contributed by atoms with Crippen LogP contribution in [0.2, 0.25) is 0 Å². The van der Waals surface area contributed by atoms with Gasteiger partial charge >= 0.3 is 0 Å². The summed E-state index contributed by atoms with van der Waals surface area (Å²) < 4.78 is 58.7. The van der Waals surface area contributed by atoms with Gasteiger partial charge in [0.2, 0.25) is 0 Å². The summed E-state index contributed by atoms with van der Waals surface area (Å²) in [6, 6.07) is 3.70. The average Bonchev–Trinajstić information content (AvgIpc) is 3.46. The first-order chi connectivity index (χ1) is 12.1. The first-order valence-corrected chi connectivity index (χ1v) is 9.05. The number of benzene rings is 2. The average molecular weight is 346 g/mol. The molecule has 0 aromatic heterocycles. The van der Waals surface area contributed by atoms with E-state index in [1.54, 1.807) is 12.1 Å². The first kappa shape index (κ1) is 15.4. The molecule has 0 radical (unpaired) electrons. The molecule has 0 spiro atoms. The van der Waals surface area contributed by atoms with Crippen molar-refractivity contribution in [2.75, 3.05) is 0 Å². The summed E-state index contributed by atoms with van der Waals surface area (Å²) in [5.41, 5.74) is 1.88. The Balaban J connectivity index is 1.94. The maximum Gasteiger partial charge on any atom is 0.170 e. The van der Waals surface area contributed by atoms with Crippen LogP contribution in [0, 0.1) is 23.5 Å². The van der Waals surface area contributed by atoms with Crippen molar-refractivity contribution in [1.82, 2.24) is 0 Å². The molecule has 5 rings (SSSR count). The van der Waals surface area contributed by atoms with E-state index in [0.717, 1.165) is 43.2 Å². The highest BCUT2D eigenvalue weighted by Gasteiger charge is 2.40. The van der Waals surface area contributed by atoms with Crippen molar-refractivity contribution in [3.63, 3.8) is 0 Å². The molecule has 0 heterocycles. The van der Waals surface area contributed by atoms with Crippen LogP contribution in [0.3, 0.4) is 0 Å². The van der Waals surface area contributed by atoms with Crippen LogP contribution in [0.25, 0.3) is 22.7 Å². The summed E-state index contributed by atoms with van der Waals surface area (Å²) in [5, 5.41) is 0.613. The summed E-state index contributed by atoms with van der Waals surface area (Å²) in [7, 11) is 0. The lowest BCUT2D eigenvalue weighted by Gasteiger charge is -2.23. The van der Waals surface area contributed by atoms with Crippen molar-refractivity contribution in [1.29, 1.82) is 0 Å². The quantitative estimate of drug-likeness (QED) is 0.678. The summed E-state index contributed by atoms with van der Waals surface area (Å²) in [6.07, 6.45) is 5.03. The van der Waals surface area contributed by atoms with E-state index in [1.165, 1.54) is 0 Å². The van der Waals surface area contributed by atoms with Crippen LogP contribution >= 0.6 is 0 Å². The van der Waals surface area contributed by atoms with E-state index in [1.807, 2.05) is 6.07 Å². The Morgan fingerprint density at radius 1 is 0.920 bits per heavy atom. The van der Waals surface area contributed by atoms with E-state index in [0.29, 0.717) is 17.0 Å². The number of aryl methyl sites for hydroxylation is 2. The van der Waals surface area contributed by atoms with Crippen LogP contribution in [0.15, 0.2) is 12.1 Å². The predicted octanol–water partition coefficient (Wildman–Crippen LogP) is 4.23. The van der Waals surface area contributed by atoms with E-state index in [4.69, 9.17) is 0 Å². The molecule has 1 saturated carbocycles. The minimum atomic E-state index is -1.87. The molecule has 25 heavy (non-hydrogen) atoms. The van der Waals surface area contributed by atoms with Gasteiger partial charge < -0.3 is 0 Å². The Kier molecular flexibility index (Phi) is 3.28. The van der Waals surface area contributed by atoms with E-state index >= 15 is 0 Å². The van der Waals surface area contributed by atoms with Gasteiger partial charge in [-0.3, -0.25) is 0 Å². The van der Waals surface area contributed by atoms with Crippen molar-refractivity contribution < 1.29 is 17.6 Å². The molecule has 0 saturated heterocycles. The second kappa shape index (κ2) is 5.33. The topological polar surface area (TPSA) is 0 Å². The number of alkyl halides is 1. The Bertz CT molecular complexity index is 1020. The molecule has 0 N–H and O–H groups in total. The van der Waals surface area contributed by atoms with Crippen molar-refractivity contribution >= 4 is 22.7 Å². The third-order valence-corrected chi connectivity index (χ3v) is 6.07. The van der Waals surface area contributed by atoms with Gasteiger partial charge in [-0.2, -0.15) is 0 Å². The van der Waals surface area contributed by atoms with E-state index in [-0.39, 0.29) is 11.3 Å². The fourth-order valence-electron chi connectivity index (χ4n) is 4.62. The van der Waals surface area contributed by atoms with Gasteiger partial charge in [-0.05, 0) is 66.2 Å². The predicted molar refractivity (Wildman–Crippen MR) is 89.8 cm³/mol. The van der Waals surface area contributed by atoms with Crippen LogP contribution in [-0.2, 0) is 12.8 Å². The van der Waals surface area contributed by atoms with Crippen molar-refractivity contribution in [2.24, 2.45) is 11.8 Å². The van der Waals surface area contributed by atoms with Gasteiger partial charge in [0.15, 0.2) is 17.8 Å². The Hall–Kier alpha value is -1.84. The third kappa shape index (κ3) is 2.12. The van der Waals surface area contributed by atoms with E-state index in [2.05, 4.69) is 0 Å². The van der Waals surface area contributed by atoms with Crippen LogP contribution in [0.5, 0.6) is 0 Å². The minimum Gasteiger partial charge on any atom is -0.239 e. The summed E-state index contributed by atoms with van der Waals surface area (Å²) in [5.74, 6) is -3.89. The molecule has 0 bridgehead atoms. The molecule has 3 aliphatic rings. The molecule has 1 fully saturated rings. The molecule has 2 atom stereocenters. The smallest absolute Gasteiger partial charge is 0.170 e. The molecule has 2 aromatic rings. The van der Waals surface area contributed by atoms with Gasteiger partial charge in [0, 0.05) is 11.3 Å². The fraction of sp³-hybridized carbons (Fsp3) is 0.429. The van der Waals surface area contributed by atoms with Crippen LogP contribution in [-0.4, -0.2) is 6.17 Å². The number of hydrogen-bond donors (Lipinski definition) is 0. The van der Waals surface area contributed by atoms with Crippen LogP contribution in [0.4, 0.5) is 17.6 Å². The van der Waals surface area contributed by atoms with Crippen molar-refractivity contribution in [2.45, 2.75) is 44.7 Å². The zero-order valence-electron chi connectivity index (χ0n) is 13.7. The monoisotopic (exact) mass is 346 g/mol. The molecular formula is C21H18F4. The fourth-order valence-corrected chi connectivity index (χ4v) is 4.62. The Morgan fingerprint density at radius 2 is 1.68 bits per heavy atom. The molecule has 0 aliphatic heterocycles. The minimum absolute atomic E-state index is 0.106. The zero-order chi connectivity index (χ0) is 17.3. The molecular weight excluding hydrogens is 328 g/mol. The van der Waals surface area contributed by atoms with E-state index < -0.39 is 34.8 Å². The molecule has 0 amide bonds. The number of rotatable bonds is 1. The van der Waals surface area contributed by atoms with Crippen molar-refractivity contribution in [3.8, 4) is 0 Å². The lowest BCUT2D eigenvalue weighted by molar-refractivity contribution is 0.290. The van der Waals surface area contributed by atoms with E-state index in [9.17, 15) is 17.6 Å². The van der Waals surface area contributed by atoms with Gasteiger partial charge in [-0.1, -0.05) is 18.2 Å². The molecule has 0 nitrogen and oxygen atoms in total. The SMILES string of the molecule is FC1=c2c(F)c(F)c3c4c(ccc3c2=CC(C2CC2)C1F)CCCC4. The molecule has 2 aromatic carbocycles. The Morgan fingerprint density at radius 3 is 2.44 bits per heavy atom. The molecule has 4 heteroatoms. The standard InChI is InChI=1S/C21H18F4/c22-18-14(11-5-6-11)9-15-13-8-7-10-3-1-2-4-12(10)16(13)19(23)21(25)17(15)20(18)24/h7-9,11,14,18H,1-6H2. The second-order valence-corrected chi connectivity index (χ2v) is 7.58. The molecule has 3 aliphatic carbocycles. The second-order valence-electron chi connectivity index (χ2n) is 7.58. The number of fused-ring (bicyclic) bond motifs is 5. The number of halogens is 4. The summed E-state index contributed by atoms with van der Waals surface area (Å²) in [6.45, 7) is 0. The lowest BCUT2D eigenvalue weighted by atomic mass is 9.84. The summed E-state index contributed by atoms with van der Waals surface area (Å²) >= 11 is 0. The number of hydrogen-bond acceptors (Lipinski definition) is 0. The lowest BCUT2D eigenvalue weighted by Crippen LogP contribution is -2.41. The Labute approximate surface area is 142 Å². The third-order valence-electron chi connectivity index (χ3n) is 6.07. The van der Waals surface area contributed by atoms with Gasteiger partial charge in [0.1, 0.15) is 5.83 Å². The normalized spacial score (nSPS) is 25.5. The molecule has 130 valence electrons. The first-order valence-electron chi connectivity index (χ1n) is 9.05. The maximum atomic E-state index is 14.9. The maximum absolute atomic E-state index is 14.9. The van der Waals surface area contributed by atoms with Crippen molar-refractivity contribution in [3.05, 3.63) is 45.3 Å². The van der Waals surface area contributed by atoms with Gasteiger partial charge in [-0.15, -0.1) is 0 Å².